The molecule has 7 atom stereocenters. The minimum atomic E-state index is -1.14. The smallest absolute Gasteiger partial charge is 0.328 e. The third-order valence-corrected chi connectivity index (χ3v) is 10.2. The molecule has 0 bridgehead atoms. The van der Waals surface area contributed by atoms with Crippen molar-refractivity contribution in [3.8, 4) is 0 Å². The van der Waals surface area contributed by atoms with E-state index in [1.54, 1.807) is 32.9 Å². The fraction of sp³-hybridized carbons (Fsp3) is 0.538. The molecule has 0 unspecified atom stereocenters. The van der Waals surface area contributed by atoms with Gasteiger partial charge in [0.15, 0.2) is 0 Å². The molecule has 0 aromatic heterocycles. The molecule has 1 saturated heterocycles. The Hall–Kier alpha value is -3.73. The van der Waals surface area contributed by atoms with Gasteiger partial charge in [0.2, 0.25) is 17.7 Å². The SMILES string of the molecule is Cc1ccc(C[C@H]2NC(=O)/C=C/C[C@@H]([C@H](C)[C@H]3O[C@@H]3c3ccc(CO)cc3)OC(=O)[C@H](CC(C)(C)C)NC(=O)C(C)(C)[C@H](C)NC2=O)cc1Cl. The molecule has 10 nitrogen and oxygen atoms in total. The Kier molecular flexibility index (Phi) is 12.6. The van der Waals surface area contributed by atoms with E-state index in [0.717, 1.165) is 22.3 Å². The molecule has 11 heteroatoms. The Bertz CT molecular complexity index is 1580. The number of aliphatic hydroxyl groups is 1. The number of carbonyl (C=O) groups is 4. The van der Waals surface area contributed by atoms with E-state index in [1.807, 2.05) is 71.0 Å². The second-order valence-electron chi connectivity index (χ2n) is 15.5. The third-order valence-electron chi connectivity index (χ3n) is 9.77. The van der Waals surface area contributed by atoms with Crippen molar-refractivity contribution in [2.75, 3.05) is 0 Å². The van der Waals surface area contributed by atoms with Gasteiger partial charge in [0.05, 0.1) is 18.1 Å². The highest BCUT2D eigenvalue weighted by atomic mass is 35.5. The summed E-state index contributed by atoms with van der Waals surface area (Å²) in [5.41, 5.74) is 1.92. The maximum atomic E-state index is 13.9. The zero-order valence-electron chi connectivity index (χ0n) is 30.3. The lowest BCUT2D eigenvalue weighted by molar-refractivity contribution is -0.157. The Balaban J connectivity index is 1.65. The molecule has 4 rings (SSSR count). The van der Waals surface area contributed by atoms with Crippen LogP contribution >= 0.6 is 11.6 Å². The van der Waals surface area contributed by atoms with Crippen LogP contribution < -0.4 is 16.0 Å². The highest BCUT2D eigenvalue weighted by molar-refractivity contribution is 6.31. The van der Waals surface area contributed by atoms with Gasteiger partial charge in [-0.25, -0.2) is 4.79 Å². The second-order valence-corrected chi connectivity index (χ2v) is 15.9. The van der Waals surface area contributed by atoms with Crippen molar-refractivity contribution in [3.05, 3.63) is 81.9 Å². The van der Waals surface area contributed by atoms with Gasteiger partial charge in [0, 0.05) is 29.8 Å². The van der Waals surface area contributed by atoms with Crippen molar-refractivity contribution >= 4 is 35.3 Å². The molecular formula is C39H52ClN3O7. The van der Waals surface area contributed by atoms with Crippen LogP contribution in [0.15, 0.2) is 54.6 Å². The average Bonchev–Trinajstić information content (AvgIpc) is 3.85. The van der Waals surface area contributed by atoms with Crippen LogP contribution in [0.2, 0.25) is 5.02 Å². The molecule has 272 valence electrons. The number of ether oxygens (including phenoxy) is 2. The molecule has 0 saturated carbocycles. The van der Waals surface area contributed by atoms with Gasteiger partial charge in [-0.05, 0) is 73.9 Å². The minimum absolute atomic E-state index is 0.0579. The van der Waals surface area contributed by atoms with E-state index in [2.05, 4.69) is 16.0 Å². The Morgan fingerprint density at radius 1 is 0.980 bits per heavy atom. The van der Waals surface area contributed by atoms with Gasteiger partial charge in [0.1, 0.15) is 24.3 Å². The summed E-state index contributed by atoms with van der Waals surface area (Å²) in [6.45, 7) is 14.8. The number of cyclic esters (lactones) is 1. The Labute approximate surface area is 300 Å². The van der Waals surface area contributed by atoms with Gasteiger partial charge in [-0.1, -0.05) is 81.8 Å². The van der Waals surface area contributed by atoms with E-state index in [0.29, 0.717) is 11.4 Å². The van der Waals surface area contributed by atoms with Crippen molar-refractivity contribution in [1.82, 2.24) is 16.0 Å². The van der Waals surface area contributed by atoms with E-state index in [1.165, 1.54) is 6.08 Å². The quantitative estimate of drug-likeness (QED) is 0.226. The summed E-state index contributed by atoms with van der Waals surface area (Å²) in [4.78, 5) is 54.7. The number of hydrogen-bond donors (Lipinski definition) is 4. The number of epoxide rings is 1. The molecule has 0 spiro atoms. The largest absolute Gasteiger partial charge is 0.460 e. The molecule has 50 heavy (non-hydrogen) atoms. The first-order valence-corrected chi connectivity index (χ1v) is 17.7. The summed E-state index contributed by atoms with van der Waals surface area (Å²) in [5, 5.41) is 18.7. The molecule has 2 aliphatic rings. The van der Waals surface area contributed by atoms with Crippen LogP contribution in [0.25, 0.3) is 0 Å². The maximum absolute atomic E-state index is 13.9. The van der Waals surface area contributed by atoms with Crippen LogP contribution in [0, 0.1) is 23.7 Å². The van der Waals surface area contributed by atoms with Crippen molar-refractivity contribution in [3.63, 3.8) is 0 Å². The van der Waals surface area contributed by atoms with Gasteiger partial charge in [-0.3, -0.25) is 14.4 Å². The van der Waals surface area contributed by atoms with Crippen molar-refractivity contribution < 1.29 is 33.8 Å². The van der Waals surface area contributed by atoms with Crippen molar-refractivity contribution in [2.24, 2.45) is 16.7 Å². The van der Waals surface area contributed by atoms with Gasteiger partial charge in [-0.15, -0.1) is 0 Å². The Morgan fingerprint density at radius 3 is 2.26 bits per heavy atom. The van der Waals surface area contributed by atoms with E-state index >= 15 is 0 Å². The van der Waals surface area contributed by atoms with E-state index in [4.69, 9.17) is 21.1 Å². The summed E-state index contributed by atoms with van der Waals surface area (Å²) in [7, 11) is 0. The van der Waals surface area contributed by atoms with Crippen LogP contribution in [0.4, 0.5) is 0 Å². The van der Waals surface area contributed by atoms with E-state index in [-0.39, 0.29) is 43.0 Å². The number of rotatable bonds is 7. The lowest BCUT2D eigenvalue weighted by Crippen LogP contribution is -2.58. The lowest BCUT2D eigenvalue weighted by Gasteiger charge is -2.35. The number of halogens is 1. The molecule has 2 aliphatic heterocycles. The fourth-order valence-electron chi connectivity index (χ4n) is 6.00. The first kappa shape index (κ1) is 39.1. The molecule has 0 aliphatic carbocycles. The normalized spacial score (nSPS) is 27.7. The van der Waals surface area contributed by atoms with E-state index < -0.39 is 53.3 Å². The number of amides is 3. The van der Waals surface area contributed by atoms with Crippen LogP contribution in [-0.4, -0.2) is 59.1 Å². The fourth-order valence-corrected chi connectivity index (χ4v) is 6.20. The van der Waals surface area contributed by atoms with Gasteiger partial charge < -0.3 is 30.5 Å². The highest BCUT2D eigenvalue weighted by Gasteiger charge is 2.48. The van der Waals surface area contributed by atoms with E-state index in [9.17, 15) is 24.3 Å². The van der Waals surface area contributed by atoms with Gasteiger partial charge >= 0.3 is 5.97 Å². The van der Waals surface area contributed by atoms with Crippen LogP contribution in [0.1, 0.15) is 89.7 Å². The highest BCUT2D eigenvalue weighted by Crippen LogP contribution is 2.45. The first-order valence-electron chi connectivity index (χ1n) is 17.3. The zero-order chi connectivity index (χ0) is 37.0. The van der Waals surface area contributed by atoms with Gasteiger partial charge in [-0.2, -0.15) is 0 Å². The topological polar surface area (TPSA) is 146 Å². The summed E-state index contributed by atoms with van der Waals surface area (Å²) >= 11 is 6.37. The number of nitrogens with one attached hydrogen (secondary N) is 3. The maximum Gasteiger partial charge on any atom is 0.328 e. The summed E-state index contributed by atoms with van der Waals surface area (Å²) in [5.74, 6) is -2.22. The van der Waals surface area contributed by atoms with Crippen LogP contribution in [0.5, 0.6) is 0 Å². The van der Waals surface area contributed by atoms with Crippen molar-refractivity contribution in [2.45, 2.75) is 118 Å². The van der Waals surface area contributed by atoms with Gasteiger partial charge in [0.25, 0.3) is 0 Å². The molecule has 3 amide bonds. The molecule has 0 radical (unpaired) electrons. The predicted octanol–water partition coefficient (Wildman–Crippen LogP) is 5.27. The molecule has 2 aromatic rings. The summed E-state index contributed by atoms with van der Waals surface area (Å²) < 4.78 is 12.2. The standard InChI is InChI=1S/C39H52ClN3O7/c1-22-12-13-26(18-28(22)40)19-29-35(46)41-24(3)39(7,8)37(48)43-30(20-38(4,5)6)36(47)49-31(10-9-11-32(45)42-29)23(2)33-34(50-33)27-16-14-25(21-44)15-17-27/h9,11-18,23-24,29-31,33-34,44H,10,19-21H2,1-8H3,(H,41,46)(H,42,45)(H,43,48)/b11-9+/t23-,24-,29+,30-,31-,33+,34+/m0/s1. The summed E-state index contributed by atoms with van der Waals surface area (Å²) in [6.07, 6.45) is 2.50. The number of hydrogen-bond acceptors (Lipinski definition) is 7. The number of esters is 1. The molecule has 2 heterocycles. The molecule has 1 fully saturated rings. The molecule has 2 aromatic carbocycles. The lowest BCUT2D eigenvalue weighted by atomic mass is 9.82. The first-order chi connectivity index (χ1) is 23.4. The number of aryl methyl sites for hydroxylation is 1. The number of carbonyl (C=O) groups excluding carboxylic acids is 4. The predicted molar refractivity (Wildman–Crippen MR) is 192 cm³/mol. The average molecular weight is 710 g/mol. The zero-order valence-corrected chi connectivity index (χ0v) is 31.1. The van der Waals surface area contributed by atoms with Crippen LogP contribution in [0.3, 0.4) is 0 Å². The molecule has 4 N–H and O–H groups in total. The Morgan fingerprint density at radius 2 is 1.64 bits per heavy atom. The second kappa shape index (κ2) is 16.1. The third kappa shape index (κ3) is 10.2. The summed E-state index contributed by atoms with van der Waals surface area (Å²) in [6, 6.07) is 10.4. The molecular weight excluding hydrogens is 658 g/mol. The monoisotopic (exact) mass is 709 g/mol. The minimum Gasteiger partial charge on any atom is -0.460 e. The number of benzene rings is 2. The van der Waals surface area contributed by atoms with Crippen LogP contribution in [-0.2, 0) is 41.7 Å². The van der Waals surface area contributed by atoms with Crippen molar-refractivity contribution in [1.29, 1.82) is 0 Å². The number of aliphatic hydroxyl groups excluding tert-OH is 1.